The van der Waals surface area contributed by atoms with Crippen molar-refractivity contribution in [3.63, 3.8) is 0 Å². The molecule has 3 rings (SSSR count). The van der Waals surface area contributed by atoms with Gasteiger partial charge in [-0.15, -0.1) is 16.2 Å². The second-order valence-electron chi connectivity index (χ2n) is 5.86. The highest BCUT2D eigenvalue weighted by Gasteiger charge is 2.22. The number of carboxylic acids is 1. The number of hydrogen-bond acceptors (Lipinski definition) is 5. The molecule has 0 saturated carbocycles. The number of hydrogen-bond donors (Lipinski definition) is 1. The van der Waals surface area contributed by atoms with Gasteiger partial charge in [0.2, 0.25) is 0 Å². The number of nitrogens with zero attached hydrogens (tertiary/aromatic N) is 1. The van der Waals surface area contributed by atoms with Crippen LogP contribution in [-0.4, -0.2) is 18.2 Å². The fraction of sp³-hybridized carbons (Fsp3) is 0.150. The lowest BCUT2D eigenvalue weighted by Crippen LogP contribution is -2.00. The summed E-state index contributed by atoms with van der Waals surface area (Å²) >= 11 is 7.32. The number of carbonyl (C=O) groups is 1. The summed E-state index contributed by atoms with van der Waals surface area (Å²) in [5, 5.41) is 13.1. The number of benzene rings is 2. The van der Waals surface area contributed by atoms with E-state index in [2.05, 4.69) is 5.18 Å². The lowest BCUT2D eigenvalue weighted by atomic mass is 10.0. The van der Waals surface area contributed by atoms with E-state index < -0.39 is 12.0 Å². The maximum absolute atomic E-state index is 11.6. The van der Waals surface area contributed by atoms with Crippen LogP contribution in [0.2, 0.25) is 5.02 Å². The standard InChI is InChI=1S/C20H16ClNO4S/c1-26-16-8-4-12(5-9-16)19(22-25)17-10-14(11-18(23)24)20(27-17)13-2-6-15(21)7-3-13/h2-10,19H,11H2,1H3,(H,23,24). The second kappa shape index (κ2) is 8.33. The molecule has 0 aliphatic rings. The maximum atomic E-state index is 11.6. The first-order chi connectivity index (χ1) is 13.0. The smallest absolute Gasteiger partial charge is 0.307 e. The van der Waals surface area contributed by atoms with E-state index in [-0.39, 0.29) is 6.42 Å². The summed E-state index contributed by atoms with van der Waals surface area (Å²) < 4.78 is 5.14. The van der Waals surface area contributed by atoms with Gasteiger partial charge in [0.25, 0.3) is 0 Å². The summed E-state index contributed by atoms with van der Waals surface area (Å²) in [7, 11) is 1.57. The average molecular weight is 402 g/mol. The van der Waals surface area contributed by atoms with Crippen molar-refractivity contribution in [2.24, 2.45) is 5.18 Å². The molecule has 0 fully saturated rings. The molecule has 2 aromatic carbocycles. The van der Waals surface area contributed by atoms with Crippen LogP contribution in [0, 0.1) is 4.91 Å². The predicted molar refractivity (Wildman–Crippen MR) is 107 cm³/mol. The molecular formula is C20H16ClNO4S. The number of aliphatic carboxylic acids is 1. The molecule has 7 heteroatoms. The Balaban J connectivity index is 2.04. The van der Waals surface area contributed by atoms with Gasteiger partial charge in [0.05, 0.1) is 13.5 Å². The van der Waals surface area contributed by atoms with Gasteiger partial charge < -0.3 is 9.84 Å². The van der Waals surface area contributed by atoms with Crippen molar-refractivity contribution in [3.8, 4) is 16.2 Å². The first kappa shape index (κ1) is 19.1. The molecule has 0 saturated heterocycles. The molecule has 1 unspecified atom stereocenters. The van der Waals surface area contributed by atoms with Gasteiger partial charge in [-0.25, -0.2) is 0 Å². The fourth-order valence-electron chi connectivity index (χ4n) is 2.79. The molecule has 3 aromatic rings. The first-order valence-electron chi connectivity index (χ1n) is 8.08. The monoisotopic (exact) mass is 401 g/mol. The largest absolute Gasteiger partial charge is 0.497 e. The Labute approximate surface area is 165 Å². The van der Waals surface area contributed by atoms with E-state index in [1.807, 2.05) is 12.1 Å². The molecule has 0 aliphatic heterocycles. The number of ether oxygens (including phenoxy) is 1. The molecular weight excluding hydrogens is 386 g/mol. The van der Waals surface area contributed by atoms with Gasteiger partial charge in [0.1, 0.15) is 5.75 Å². The number of halogens is 1. The van der Waals surface area contributed by atoms with Crippen LogP contribution in [0.15, 0.2) is 59.8 Å². The molecule has 0 amide bonds. The average Bonchev–Trinajstić information content (AvgIpc) is 3.06. The summed E-state index contributed by atoms with van der Waals surface area (Å²) in [5.41, 5.74) is 2.22. The number of thiophene rings is 1. The maximum Gasteiger partial charge on any atom is 0.307 e. The zero-order valence-corrected chi connectivity index (χ0v) is 16.0. The van der Waals surface area contributed by atoms with E-state index in [0.717, 1.165) is 16.0 Å². The van der Waals surface area contributed by atoms with Crippen molar-refractivity contribution >= 4 is 28.9 Å². The van der Waals surface area contributed by atoms with Crippen LogP contribution < -0.4 is 4.74 Å². The van der Waals surface area contributed by atoms with E-state index in [9.17, 15) is 14.8 Å². The Morgan fingerprint density at radius 2 is 1.85 bits per heavy atom. The number of nitroso groups, excluding NO2 is 1. The highest BCUT2D eigenvalue weighted by Crippen LogP contribution is 2.40. The Hall–Kier alpha value is -2.70. The van der Waals surface area contributed by atoms with Crippen molar-refractivity contribution in [2.75, 3.05) is 7.11 Å². The van der Waals surface area contributed by atoms with E-state index in [0.29, 0.717) is 21.2 Å². The molecule has 138 valence electrons. The van der Waals surface area contributed by atoms with Crippen LogP contribution >= 0.6 is 22.9 Å². The summed E-state index contributed by atoms with van der Waals surface area (Å²) in [6, 6.07) is 15.3. The van der Waals surface area contributed by atoms with Gasteiger partial charge in [0.15, 0.2) is 6.04 Å². The highest BCUT2D eigenvalue weighted by atomic mass is 35.5. The molecule has 0 radical (unpaired) electrons. The third-order valence-corrected chi connectivity index (χ3v) is 5.61. The van der Waals surface area contributed by atoms with Crippen molar-refractivity contribution in [2.45, 2.75) is 12.5 Å². The van der Waals surface area contributed by atoms with Crippen LogP contribution in [0.4, 0.5) is 0 Å². The summed E-state index contributed by atoms with van der Waals surface area (Å²) in [6.07, 6.45) is -0.136. The zero-order chi connectivity index (χ0) is 19.4. The van der Waals surface area contributed by atoms with Crippen LogP contribution in [0.3, 0.4) is 0 Å². The van der Waals surface area contributed by atoms with E-state index in [1.165, 1.54) is 11.3 Å². The van der Waals surface area contributed by atoms with Gasteiger partial charge >= 0.3 is 5.97 Å². The SMILES string of the molecule is COc1ccc(C(N=O)c2cc(CC(=O)O)c(-c3ccc(Cl)cc3)s2)cc1. The Morgan fingerprint density at radius 3 is 2.41 bits per heavy atom. The lowest BCUT2D eigenvalue weighted by molar-refractivity contribution is -0.136. The number of rotatable bonds is 7. The normalized spacial score (nSPS) is 11.8. The molecule has 1 atom stereocenters. The Kier molecular flexibility index (Phi) is 5.88. The van der Waals surface area contributed by atoms with Gasteiger partial charge in [0, 0.05) is 14.8 Å². The molecule has 27 heavy (non-hydrogen) atoms. The van der Waals surface area contributed by atoms with Crippen LogP contribution in [-0.2, 0) is 11.2 Å². The minimum atomic E-state index is -0.936. The first-order valence-corrected chi connectivity index (χ1v) is 9.28. The quantitative estimate of drug-likeness (QED) is 0.526. The molecule has 1 heterocycles. The minimum absolute atomic E-state index is 0.136. The van der Waals surface area contributed by atoms with Crippen molar-refractivity contribution in [3.05, 3.63) is 80.5 Å². The molecule has 5 nitrogen and oxygen atoms in total. The van der Waals surface area contributed by atoms with Crippen molar-refractivity contribution < 1.29 is 14.6 Å². The van der Waals surface area contributed by atoms with Crippen molar-refractivity contribution in [1.29, 1.82) is 0 Å². The molecule has 0 aliphatic carbocycles. The molecule has 1 aromatic heterocycles. The third kappa shape index (κ3) is 4.35. The molecule has 0 bridgehead atoms. The highest BCUT2D eigenvalue weighted by molar-refractivity contribution is 7.15. The van der Waals surface area contributed by atoms with E-state index in [1.54, 1.807) is 49.6 Å². The summed E-state index contributed by atoms with van der Waals surface area (Å²) in [6.45, 7) is 0. The Bertz CT molecular complexity index is 951. The summed E-state index contributed by atoms with van der Waals surface area (Å²) in [5.74, 6) is -0.252. The molecule has 0 spiro atoms. The lowest BCUT2D eigenvalue weighted by Gasteiger charge is -2.08. The summed E-state index contributed by atoms with van der Waals surface area (Å²) in [4.78, 5) is 24.3. The van der Waals surface area contributed by atoms with Gasteiger partial charge in [-0.3, -0.25) is 4.79 Å². The van der Waals surface area contributed by atoms with Gasteiger partial charge in [-0.1, -0.05) is 41.0 Å². The van der Waals surface area contributed by atoms with E-state index >= 15 is 0 Å². The van der Waals surface area contributed by atoms with E-state index in [4.69, 9.17) is 16.3 Å². The third-order valence-electron chi connectivity index (χ3n) is 4.08. The second-order valence-corrected chi connectivity index (χ2v) is 7.38. The van der Waals surface area contributed by atoms with Crippen LogP contribution in [0.5, 0.6) is 5.75 Å². The van der Waals surface area contributed by atoms with Gasteiger partial charge in [-0.05, 0) is 47.0 Å². The predicted octanol–water partition coefficient (Wildman–Crippen LogP) is 5.56. The van der Waals surface area contributed by atoms with Crippen molar-refractivity contribution in [1.82, 2.24) is 0 Å². The minimum Gasteiger partial charge on any atom is -0.497 e. The molecule has 1 N–H and O–H groups in total. The number of carboxylic acid groups (broad SMARTS) is 1. The Morgan fingerprint density at radius 1 is 1.19 bits per heavy atom. The number of methoxy groups -OCH3 is 1. The van der Waals surface area contributed by atoms with Gasteiger partial charge in [-0.2, -0.15) is 0 Å². The zero-order valence-electron chi connectivity index (χ0n) is 14.4. The van der Waals surface area contributed by atoms with Crippen LogP contribution in [0.1, 0.15) is 22.0 Å². The topological polar surface area (TPSA) is 76.0 Å². The van der Waals surface area contributed by atoms with Crippen LogP contribution in [0.25, 0.3) is 10.4 Å². The fourth-order valence-corrected chi connectivity index (χ4v) is 4.16.